The average Bonchev–Trinajstić information content (AvgIpc) is 2.69. The van der Waals surface area contributed by atoms with Gasteiger partial charge in [-0.05, 0) is 18.4 Å². The highest BCUT2D eigenvalue weighted by atomic mass is 16.1. The van der Waals surface area contributed by atoms with Gasteiger partial charge in [-0.2, -0.15) is 0 Å². The molecule has 3 nitrogen and oxygen atoms in total. The standard InChI is InChI=1S/C12H10N2O/c15-12-9-4-2-1-3-8(9)5-6-10-11(12)14-7-13-10/h1-4,7H,5-6H2,(H,13,14). The Morgan fingerprint density at radius 1 is 1.20 bits per heavy atom. The van der Waals surface area contributed by atoms with Crippen LogP contribution in [0.25, 0.3) is 0 Å². The van der Waals surface area contributed by atoms with E-state index >= 15 is 0 Å². The molecule has 0 fully saturated rings. The third-order valence-corrected chi connectivity index (χ3v) is 2.84. The van der Waals surface area contributed by atoms with Crippen LogP contribution in [0, 0.1) is 0 Å². The van der Waals surface area contributed by atoms with Gasteiger partial charge in [0.15, 0.2) is 0 Å². The van der Waals surface area contributed by atoms with Gasteiger partial charge in [0.05, 0.1) is 6.33 Å². The average molecular weight is 198 g/mol. The summed E-state index contributed by atoms with van der Waals surface area (Å²) < 4.78 is 0. The first kappa shape index (κ1) is 8.41. The number of carbonyl (C=O) groups is 1. The lowest BCUT2D eigenvalue weighted by atomic mass is 10.0. The third-order valence-electron chi connectivity index (χ3n) is 2.84. The summed E-state index contributed by atoms with van der Waals surface area (Å²) in [6, 6.07) is 7.76. The number of fused-ring (bicyclic) bond motifs is 2. The Bertz CT molecular complexity index is 528. The number of imidazole rings is 1. The fourth-order valence-corrected chi connectivity index (χ4v) is 2.05. The maximum absolute atomic E-state index is 12.1. The van der Waals surface area contributed by atoms with Gasteiger partial charge in [-0.25, -0.2) is 4.98 Å². The van der Waals surface area contributed by atoms with E-state index in [0.717, 1.165) is 29.7 Å². The van der Waals surface area contributed by atoms with E-state index in [0.29, 0.717) is 5.69 Å². The van der Waals surface area contributed by atoms with Crippen molar-refractivity contribution in [1.82, 2.24) is 9.97 Å². The quantitative estimate of drug-likeness (QED) is 0.700. The normalized spacial score (nSPS) is 14.3. The summed E-state index contributed by atoms with van der Waals surface area (Å²) in [4.78, 5) is 19.2. The minimum absolute atomic E-state index is 0.0411. The van der Waals surface area contributed by atoms with E-state index in [1.165, 1.54) is 0 Å². The molecular formula is C12H10N2O. The largest absolute Gasteiger partial charge is 0.348 e. The summed E-state index contributed by atoms with van der Waals surface area (Å²) in [6.07, 6.45) is 3.35. The number of carbonyl (C=O) groups excluding carboxylic acids is 1. The van der Waals surface area contributed by atoms with Crippen LogP contribution in [0.5, 0.6) is 0 Å². The highest BCUT2D eigenvalue weighted by Crippen LogP contribution is 2.21. The number of ketones is 1. The highest BCUT2D eigenvalue weighted by Gasteiger charge is 2.22. The number of hydrogen-bond donors (Lipinski definition) is 1. The zero-order valence-electron chi connectivity index (χ0n) is 8.16. The van der Waals surface area contributed by atoms with E-state index in [1.807, 2.05) is 24.3 Å². The van der Waals surface area contributed by atoms with Crippen LogP contribution in [0.2, 0.25) is 0 Å². The van der Waals surface area contributed by atoms with E-state index in [9.17, 15) is 4.79 Å². The first-order valence-corrected chi connectivity index (χ1v) is 5.01. The Balaban J connectivity index is 2.22. The van der Waals surface area contributed by atoms with Gasteiger partial charge in [-0.15, -0.1) is 0 Å². The van der Waals surface area contributed by atoms with E-state index in [2.05, 4.69) is 9.97 Å². The third kappa shape index (κ3) is 1.20. The molecular weight excluding hydrogens is 188 g/mol. The molecule has 0 atom stereocenters. The van der Waals surface area contributed by atoms with Crippen molar-refractivity contribution in [2.45, 2.75) is 12.8 Å². The number of hydrogen-bond acceptors (Lipinski definition) is 2. The number of nitrogens with one attached hydrogen (secondary N) is 1. The number of aryl methyl sites for hydroxylation is 2. The second-order valence-corrected chi connectivity index (χ2v) is 3.72. The molecule has 0 saturated carbocycles. The van der Waals surface area contributed by atoms with Gasteiger partial charge in [0.2, 0.25) is 5.78 Å². The fraction of sp³-hybridized carbons (Fsp3) is 0.167. The van der Waals surface area contributed by atoms with Crippen molar-refractivity contribution in [3.8, 4) is 0 Å². The van der Waals surface area contributed by atoms with Gasteiger partial charge in [0, 0.05) is 11.3 Å². The molecule has 0 unspecified atom stereocenters. The van der Waals surface area contributed by atoms with Gasteiger partial charge in [-0.1, -0.05) is 24.3 Å². The molecule has 0 spiro atoms. The number of H-pyrrole nitrogens is 1. The van der Waals surface area contributed by atoms with Crippen LogP contribution in [0.15, 0.2) is 30.6 Å². The van der Waals surface area contributed by atoms with E-state index < -0.39 is 0 Å². The van der Waals surface area contributed by atoms with Crippen LogP contribution in [-0.2, 0) is 12.8 Å². The Morgan fingerprint density at radius 2 is 2.07 bits per heavy atom. The van der Waals surface area contributed by atoms with Crippen LogP contribution >= 0.6 is 0 Å². The Morgan fingerprint density at radius 3 is 3.00 bits per heavy atom. The molecule has 2 aromatic rings. The molecule has 1 aromatic heterocycles. The molecule has 3 rings (SSSR count). The molecule has 1 N–H and O–H groups in total. The molecule has 15 heavy (non-hydrogen) atoms. The Hall–Kier alpha value is -1.90. The van der Waals surface area contributed by atoms with Crippen LogP contribution in [0.3, 0.4) is 0 Å². The molecule has 1 heterocycles. The number of rotatable bonds is 0. The molecule has 0 amide bonds. The van der Waals surface area contributed by atoms with E-state index in [4.69, 9.17) is 0 Å². The van der Waals surface area contributed by atoms with Crippen molar-refractivity contribution in [2.24, 2.45) is 0 Å². The van der Waals surface area contributed by atoms with Crippen LogP contribution in [0.1, 0.15) is 27.3 Å². The van der Waals surface area contributed by atoms with Gasteiger partial charge in [-0.3, -0.25) is 4.79 Å². The van der Waals surface area contributed by atoms with Crippen molar-refractivity contribution < 1.29 is 4.79 Å². The molecule has 0 bridgehead atoms. The molecule has 3 heteroatoms. The summed E-state index contributed by atoms with van der Waals surface area (Å²) in [5, 5.41) is 0. The van der Waals surface area contributed by atoms with Crippen molar-refractivity contribution >= 4 is 5.78 Å². The van der Waals surface area contributed by atoms with E-state index in [-0.39, 0.29) is 5.78 Å². The Kier molecular flexibility index (Phi) is 1.71. The molecule has 0 saturated heterocycles. The zero-order valence-corrected chi connectivity index (χ0v) is 8.16. The lowest BCUT2D eigenvalue weighted by Gasteiger charge is -2.01. The van der Waals surface area contributed by atoms with Crippen LogP contribution in [0.4, 0.5) is 0 Å². The molecule has 0 aliphatic heterocycles. The molecule has 1 aromatic carbocycles. The lowest BCUT2D eigenvalue weighted by molar-refractivity contribution is 0.103. The highest BCUT2D eigenvalue weighted by molar-refractivity contribution is 6.09. The topological polar surface area (TPSA) is 45.8 Å². The molecule has 0 radical (unpaired) electrons. The lowest BCUT2D eigenvalue weighted by Crippen LogP contribution is -2.03. The van der Waals surface area contributed by atoms with Gasteiger partial charge < -0.3 is 4.98 Å². The van der Waals surface area contributed by atoms with Crippen molar-refractivity contribution in [3.05, 3.63) is 53.1 Å². The summed E-state index contributed by atoms with van der Waals surface area (Å²) in [6.45, 7) is 0. The summed E-state index contributed by atoms with van der Waals surface area (Å²) in [5.41, 5.74) is 3.45. The smallest absolute Gasteiger partial charge is 0.213 e. The predicted molar refractivity (Wildman–Crippen MR) is 55.9 cm³/mol. The molecule has 1 aliphatic carbocycles. The fourth-order valence-electron chi connectivity index (χ4n) is 2.05. The van der Waals surface area contributed by atoms with Gasteiger partial charge in [0.1, 0.15) is 5.69 Å². The summed E-state index contributed by atoms with van der Waals surface area (Å²) in [7, 11) is 0. The van der Waals surface area contributed by atoms with Gasteiger partial charge in [0.25, 0.3) is 0 Å². The minimum atomic E-state index is 0.0411. The maximum atomic E-state index is 12.1. The summed E-state index contributed by atoms with van der Waals surface area (Å²) >= 11 is 0. The van der Waals surface area contributed by atoms with Crippen LogP contribution < -0.4 is 0 Å². The summed E-state index contributed by atoms with van der Waals surface area (Å²) in [5.74, 6) is 0.0411. The number of aromatic amines is 1. The van der Waals surface area contributed by atoms with Crippen LogP contribution in [-0.4, -0.2) is 15.8 Å². The maximum Gasteiger partial charge on any atom is 0.213 e. The molecule has 74 valence electrons. The van der Waals surface area contributed by atoms with E-state index in [1.54, 1.807) is 6.33 Å². The first-order chi connectivity index (χ1) is 7.36. The second-order valence-electron chi connectivity index (χ2n) is 3.72. The first-order valence-electron chi connectivity index (χ1n) is 5.01. The van der Waals surface area contributed by atoms with Crippen molar-refractivity contribution in [1.29, 1.82) is 0 Å². The minimum Gasteiger partial charge on any atom is -0.348 e. The number of benzene rings is 1. The number of aromatic nitrogens is 2. The van der Waals surface area contributed by atoms with Crippen molar-refractivity contribution in [3.63, 3.8) is 0 Å². The van der Waals surface area contributed by atoms with Crippen molar-refractivity contribution in [2.75, 3.05) is 0 Å². The number of nitrogens with zero attached hydrogens (tertiary/aromatic N) is 1. The SMILES string of the molecule is O=C1c2ccccc2CCc2[nH]cnc21. The predicted octanol–water partition coefficient (Wildman–Crippen LogP) is 1.74. The second kappa shape index (κ2) is 3.05. The molecule has 1 aliphatic rings. The zero-order chi connectivity index (χ0) is 10.3. The van der Waals surface area contributed by atoms with Gasteiger partial charge >= 0.3 is 0 Å². The Labute approximate surface area is 87.2 Å². The monoisotopic (exact) mass is 198 g/mol.